The molecule has 0 bridgehead atoms. The molecule has 0 aromatic rings. The SMILES string of the molecule is CC(C)CCCCCCCCCCCCCCCC(O)[C@@H](O)[C@@H](O)[C@H](O)[C@@H](CO)OS(=O)(=O)O. The van der Waals surface area contributed by atoms with Crippen LogP contribution in [0.3, 0.4) is 0 Å². The second-order valence-electron chi connectivity index (χ2n) is 9.85. The van der Waals surface area contributed by atoms with Crippen molar-refractivity contribution >= 4 is 10.4 Å². The number of hydrogen-bond acceptors (Lipinski definition) is 8. The largest absolute Gasteiger partial charge is 0.397 e. The van der Waals surface area contributed by atoms with Gasteiger partial charge >= 0.3 is 10.4 Å². The van der Waals surface area contributed by atoms with Gasteiger partial charge < -0.3 is 25.5 Å². The summed E-state index contributed by atoms with van der Waals surface area (Å²) < 4.78 is 34.2. The second-order valence-corrected chi connectivity index (χ2v) is 10.9. The molecule has 0 aliphatic heterocycles. The van der Waals surface area contributed by atoms with Crippen LogP contribution in [-0.2, 0) is 14.6 Å². The van der Waals surface area contributed by atoms with E-state index >= 15 is 0 Å². The molecule has 0 amide bonds. The van der Waals surface area contributed by atoms with Crippen LogP contribution in [0.25, 0.3) is 0 Å². The minimum atomic E-state index is -4.97. The number of aliphatic hydroxyl groups excluding tert-OH is 5. The van der Waals surface area contributed by atoms with E-state index in [0.29, 0.717) is 6.42 Å². The third-order valence-corrected chi connectivity index (χ3v) is 6.67. The van der Waals surface area contributed by atoms with Gasteiger partial charge in [0.15, 0.2) is 0 Å². The molecular formula is C24H50O9S. The molecule has 0 aromatic heterocycles. The Labute approximate surface area is 206 Å². The Morgan fingerprint density at radius 3 is 1.35 bits per heavy atom. The Kier molecular flexibility index (Phi) is 19.6. The summed E-state index contributed by atoms with van der Waals surface area (Å²) in [5.41, 5.74) is 0. The van der Waals surface area contributed by atoms with Crippen LogP contribution in [0.1, 0.15) is 110 Å². The molecule has 34 heavy (non-hydrogen) atoms. The summed E-state index contributed by atoms with van der Waals surface area (Å²) >= 11 is 0. The van der Waals surface area contributed by atoms with Crippen molar-refractivity contribution in [3.8, 4) is 0 Å². The molecular weight excluding hydrogens is 464 g/mol. The quantitative estimate of drug-likeness (QED) is 0.0887. The van der Waals surface area contributed by atoms with Gasteiger partial charge in [-0.05, 0) is 12.3 Å². The van der Waals surface area contributed by atoms with E-state index in [2.05, 4.69) is 18.0 Å². The molecule has 206 valence electrons. The summed E-state index contributed by atoms with van der Waals surface area (Å²) in [6.45, 7) is 3.52. The molecule has 0 rings (SSSR count). The lowest BCUT2D eigenvalue weighted by Crippen LogP contribution is -2.51. The van der Waals surface area contributed by atoms with Gasteiger partial charge in [0, 0.05) is 0 Å². The lowest BCUT2D eigenvalue weighted by Gasteiger charge is -2.29. The molecule has 0 aliphatic carbocycles. The maximum absolute atomic E-state index is 10.7. The average molecular weight is 515 g/mol. The lowest BCUT2D eigenvalue weighted by atomic mass is 9.96. The monoisotopic (exact) mass is 514 g/mol. The predicted molar refractivity (Wildman–Crippen MR) is 132 cm³/mol. The fourth-order valence-corrected chi connectivity index (χ4v) is 4.51. The molecule has 0 aromatic carbocycles. The van der Waals surface area contributed by atoms with Crippen LogP contribution in [0.2, 0.25) is 0 Å². The Morgan fingerprint density at radius 2 is 1.00 bits per heavy atom. The summed E-state index contributed by atoms with van der Waals surface area (Å²) in [6, 6.07) is 0. The highest BCUT2D eigenvalue weighted by Crippen LogP contribution is 2.17. The van der Waals surface area contributed by atoms with Gasteiger partial charge in [-0.25, -0.2) is 4.18 Å². The Hall–Kier alpha value is -0.330. The van der Waals surface area contributed by atoms with E-state index in [4.69, 9.17) is 9.66 Å². The zero-order valence-electron chi connectivity index (χ0n) is 21.1. The van der Waals surface area contributed by atoms with E-state index in [1.807, 2.05) is 0 Å². The van der Waals surface area contributed by atoms with Gasteiger partial charge in [0.2, 0.25) is 0 Å². The number of hydrogen-bond donors (Lipinski definition) is 6. The van der Waals surface area contributed by atoms with Crippen LogP contribution in [-0.4, -0.2) is 75.6 Å². The highest BCUT2D eigenvalue weighted by atomic mass is 32.3. The first kappa shape index (κ1) is 33.7. The summed E-state index contributed by atoms with van der Waals surface area (Å²) in [5, 5.41) is 49.0. The Morgan fingerprint density at radius 1 is 0.618 bits per heavy atom. The molecule has 9 nitrogen and oxygen atoms in total. The third kappa shape index (κ3) is 18.0. The van der Waals surface area contributed by atoms with Crippen molar-refractivity contribution in [2.45, 2.75) is 141 Å². The minimum Gasteiger partial charge on any atom is -0.394 e. The summed E-state index contributed by atoms with van der Waals surface area (Å²) in [5.74, 6) is 0.812. The molecule has 1 unspecified atom stereocenters. The highest BCUT2D eigenvalue weighted by Gasteiger charge is 2.36. The van der Waals surface area contributed by atoms with Crippen LogP contribution in [0, 0.1) is 5.92 Å². The van der Waals surface area contributed by atoms with Crippen molar-refractivity contribution in [1.29, 1.82) is 0 Å². The maximum Gasteiger partial charge on any atom is 0.397 e. The molecule has 0 aliphatic rings. The molecule has 0 saturated carbocycles. The second kappa shape index (κ2) is 19.8. The van der Waals surface area contributed by atoms with Gasteiger partial charge in [-0.3, -0.25) is 4.55 Å². The average Bonchev–Trinajstić information content (AvgIpc) is 2.77. The number of aliphatic hydroxyl groups is 5. The van der Waals surface area contributed by atoms with Gasteiger partial charge in [0.05, 0.1) is 12.7 Å². The highest BCUT2D eigenvalue weighted by molar-refractivity contribution is 7.80. The normalized spacial score (nSPS) is 17.0. The van der Waals surface area contributed by atoms with Crippen LogP contribution < -0.4 is 0 Å². The zero-order chi connectivity index (χ0) is 26.0. The minimum absolute atomic E-state index is 0.199. The molecule has 6 N–H and O–H groups in total. The Bertz CT molecular complexity index is 571. The van der Waals surface area contributed by atoms with Crippen molar-refractivity contribution in [1.82, 2.24) is 0 Å². The summed E-state index contributed by atoms with van der Waals surface area (Å²) in [4.78, 5) is 0. The van der Waals surface area contributed by atoms with Gasteiger partial charge in [0.25, 0.3) is 0 Å². The standard InChI is InChI=1S/C24H50O9S/c1-19(2)16-14-12-10-8-6-4-3-5-7-9-11-13-15-17-20(26)22(27)24(29)23(28)21(18-25)33-34(30,31)32/h19-29H,3-18H2,1-2H3,(H,30,31,32)/t20?,21-,22-,23-,24-/m1/s1. The van der Waals surface area contributed by atoms with Crippen LogP contribution in [0.5, 0.6) is 0 Å². The first-order chi connectivity index (χ1) is 16.0. The fraction of sp³-hybridized carbons (Fsp3) is 1.00. The van der Waals surface area contributed by atoms with Crippen molar-refractivity contribution in [3.05, 3.63) is 0 Å². The van der Waals surface area contributed by atoms with E-state index in [1.54, 1.807) is 0 Å². The zero-order valence-corrected chi connectivity index (χ0v) is 21.9. The van der Waals surface area contributed by atoms with E-state index in [1.165, 1.54) is 64.2 Å². The van der Waals surface area contributed by atoms with Gasteiger partial charge in [0.1, 0.15) is 24.4 Å². The van der Waals surface area contributed by atoms with Crippen LogP contribution in [0.15, 0.2) is 0 Å². The first-order valence-electron chi connectivity index (χ1n) is 13.0. The first-order valence-corrected chi connectivity index (χ1v) is 14.3. The fourth-order valence-electron chi connectivity index (χ4n) is 4.02. The number of unbranched alkanes of at least 4 members (excludes halogenated alkanes) is 12. The van der Waals surface area contributed by atoms with Crippen molar-refractivity contribution in [2.75, 3.05) is 6.61 Å². The van der Waals surface area contributed by atoms with Crippen molar-refractivity contribution in [3.63, 3.8) is 0 Å². The lowest BCUT2D eigenvalue weighted by molar-refractivity contribution is -0.136. The van der Waals surface area contributed by atoms with E-state index in [0.717, 1.165) is 25.2 Å². The van der Waals surface area contributed by atoms with E-state index in [-0.39, 0.29) is 6.42 Å². The molecule has 0 fully saturated rings. The molecule has 0 saturated heterocycles. The summed E-state index contributed by atoms with van der Waals surface area (Å²) in [7, 11) is -4.97. The summed E-state index contributed by atoms with van der Waals surface area (Å²) in [6.07, 6.45) is 7.91. The molecule has 10 heteroatoms. The number of rotatable bonds is 23. The van der Waals surface area contributed by atoms with Crippen LogP contribution >= 0.6 is 0 Å². The van der Waals surface area contributed by atoms with Gasteiger partial charge in [-0.2, -0.15) is 8.42 Å². The van der Waals surface area contributed by atoms with Gasteiger partial charge in [-0.1, -0.05) is 104 Å². The van der Waals surface area contributed by atoms with E-state index in [9.17, 15) is 28.8 Å². The van der Waals surface area contributed by atoms with Gasteiger partial charge in [-0.15, -0.1) is 0 Å². The molecule has 0 radical (unpaired) electrons. The van der Waals surface area contributed by atoms with Crippen LogP contribution in [0.4, 0.5) is 0 Å². The molecule has 0 heterocycles. The predicted octanol–water partition coefficient (Wildman–Crippen LogP) is 3.12. The van der Waals surface area contributed by atoms with E-state index < -0.39 is 47.5 Å². The Balaban J connectivity index is 3.78. The molecule has 5 atom stereocenters. The molecule has 0 spiro atoms. The van der Waals surface area contributed by atoms with Crippen molar-refractivity contribution in [2.24, 2.45) is 5.92 Å². The maximum atomic E-state index is 10.7. The van der Waals surface area contributed by atoms with Crippen molar-refractivity contribution < 1.29 is 42.7 Å². The smallest absolute Gasteiger partial charge is 0.394 e. The third-order valence-electron chi connectivity index (χ3n) is 6.18. The topological polar surface area (TPSA) is 165 Å².